The van der Waals surface area contributed by atoms with Crippen LogP contribution >= 0.6 is 11.6 Å². The van der Waals surface area contributed by atoms with E-state index in [1.807, 2.05) is 6.92 Å². The number of benzene rings is 2. The summed E-state index contributed by atoms with van der Waals surface area (Å²) in [5.74, 6) is 0.655. The van der Waals surface area contributed by atoms with Crippen LogP contribution in [0.15, 0.2) is 42.5 Å². The van der Waals surface area contributed by atoms with Crippen molar-refractivity contribution in [1.29, 1.82) is 0 Å². The van der Waals surface area contributed by atoms with Crippen LogP contribution in [0.2, 0.25) is 5.02 Å². The number of methoxy groups -OCH3 is 1. The molecule has 1 aliphatic heterocycles. The number of halogens is 3. The summed E-state index contributed by atoms with van der Waals surface area (Å²) in [6, 6.07) is 11.0. The molecule has 0 bridgehead atoms. The van der Waals surface area contributed by atoms with Gasteiger partial charge in [0.25, 0.3) is 6.43 Å². The van der Waals surface area contributed by atoms with Gasteiger partial charge in [-0.2, -0.15) is 0 Å². The average molecular weight is 452 g/mol. The lowest BCUT2D eigenvalue weighted by atomic mass is 10.00. The molecule has 31 heavy (non-hydrogen) atoms. The first-order valence-electron chi connectivity index (χ1n) is 10.4. The summed E-state index contributed by atoms with van der Waals surface area (Å²) in [4.78, 5) is 14.3. The zero-order valence-electron chi connectivity index (χ0n) is 17.7. The fourth-order valence-corrected chi connectivity index (χ4v) is 4.00. The van der Waals surface area contributed by atoms with Crippen LogP contribution in [-0.4, -0.2) is 43.1 Å². The van der Waals surface area contributed by atoms with Gasteiger partial charge in [-0.15, -0.1) is 0 Å². The molecule has 1 saturated heterocycles. The molecule has 2 amide bonds. The number of rotatable bonds is 8. The largest absolute Gasteiger partial charge is 0.497 e. The van der Waals surface area contributed by atoms with Crippen LogP contribution in [0.3, 0.4) is 0 Å². The van der Waals surface area contributed by atoms with E-state index >= 15 is 0 Å². The Hall–Kier alpha value is -2.54. The maximum atomic E-state index is 13.8. The molecule has 2 N–H and O–H groups in total. The molecule has 1 heterocycles. The quantitative estimate of drug-likeness (QED) is 0.570. The van der Waals surface area contributed by atoms with Crippen LogP contribution in [0, 0.1) is 0 Å². The average Bonchev–Trinajstić information content (AvgIpc) is 3.19. The smallest absolute Gasteiger partial charge is 0.317 e. The van der Waals surface area contributed by atoms with Crippen LogP contribution in [0.5, 0.6) is 5.75 Å². The van der Waals surface area contributed by atoms with Gasteiger partial charge in [-0.05, 0) is 73.7 Å². The topological polar surface area (TPSA) is 53.6 Å². The standard InChI is InChI=1S/C23H28ClF2N3O2/c1-15-4-3-11-29(15)23(30)27-14-17-12-18(24)6-5-16(17)13-21(22(25)26)28-19-7-9-20(31-2)10-8-19/h5-10,12,15,21-22,28H,3-4,11,13-14H2,1-2H3,(H,27,30)/t15-,21?/m1/s1. The third-order valence-electron chi connectivity index (χ3n) is 5.60. The summed E-state index contributed by atoms with van der Waals surface area (Å²) in [5, 5.41) is 6.31. The summed E-state index contributed by atoms with van der Waals surface area (Å²) in [6.45, 7) is 2.99. The normalized spacial score (nSPS) is 17.0. The zero-order valence-corrected chi connectivity index (χ0v) is 18.5. The van der Waals surface area contributed by atoms with Gasteiger partial charge < -0.3 is 20.3 Å². The number of hydrogen-bond donors (Lipinski definition) is 2. The van der Waals surface area contributed by atoms with Gasteiger partial charge in [-0.1, -0.05) is 17.7 Å². The van der Waals surface area contributed by atoms with Crippen molar-refractivity contribution in [3.05, 3.63) is 58.6 Å². The Kier molecular flexibility index (Phi) is 7.96. The van der Waals surface area contributed by atoms with Gasteiger partial charge in [-0.25, -0.2) is 13.6 Å². The van der Waals surface area contributed by atoms with E-state index in [1.54, 1.807) is 54.5 Å². The number of hydrogen-bond acceptors (Lipinski definition) is 3. The van der Waals surface area contributed by atoms with E-state index in [-0.39, 0.29) is 25.0 Å². The summed E-state index contributed by atoms with van der Waals surface area (Å²) < 4.78 is 32.7. The summed E-state index contributed by atoms with van der Waals surface area (Å²) in [5.41, 5.74) is 2.03. The third kappa shape index (κ3) is 6.23. The third-order valence-corrected chi connectivity index (χ3v) is 5.83. The molecule has 0 radical (unpaired) electrons. The molecule has 3 rings (SSSR count). The molecular formula is C23H28ClF2N3O2. The summed E-state index contributed by atoms with van der Waals surface area (Å²) in [6.07, 6.45) is -0.509. The summed E-state index contributed by atoms with van der Waals surface area (Å²) in [7, 11) is 1.55. The number of nitrogens with zero attached hydrogens (tertiary/aromatic N) is 1. The molecule has 1 fully saturated rings. The second-order valence-corrected chi connectivity index (χ2v) is 8.21. The fraction of sp³-hybridized carbons (Fsp3) is 0.435. The minimum atomic E-state index is -2.58. The molecule has 5 nitrogen and oxygen atoms in total. The van der Waals surface area contributed by atoms with Crippen LogP contribution in [0.1, 0.15) is 30.9 Å². The molecule has 0 spiro atoms. The first-order chi connectivity index (χ1) is 14.9. The van der Waals surface area contributed by atoms with E-state index in [9.17, 15) is 13.6 Å². The lowest BCUT2D eigenvalue weighted by Gasteiger charge is -2.23. The number of ether oxygens (including phenoxy) is 1. The monoisotopic (exact) mass is 451 g/mol. The molecule has 168 valence electrons. The van der Waals surface area contributed by atoms with Crippen molar-refractivity contribution in [2.75, 3.05) is 19.0 Å². The van der Waals surface area contributed by atoms with E-state index in [1.165, 1.54) is 0 Å². The van der Waals surface area contributed by atoms with Crippen molar-refractivity contribution in [3.8, 4) is 5.75 Å². The van der Waals surface area contributed by atoms with Gasteiger partial charge in [0.1, 0.15) is 5.75 Å². The lowest BCUT2D eigenvalue weighted by molar-refractivity contribution is 0.124. The van der Waals surface area contributed by atoms with Crippen molar-refractivity contribution in [3.63, 3.8) is 0 Å². The fourth-order valence-electron chi connectivity index (χ4n) is 3.81. The Balaban J connectivity index is 1.70. The predicted octanol–water partition coefficient (Wildman–Crippen LogP) is 5.33. The number of amides is 2. The number of carbonyl (C=O) groups excluding carboxylic acids is 1. The van der Waals surface area contributed by atoms with Crippen LogP contribution in [-0.2, 0) is 13.0 Å². The van der Waals surface area contributed by atoms with Crippen molar-refractivity contribution in [1.82, 2.24) is 10.2 Å². The van der Waals surface area contributed by atoms with E-state index in [4.69, 9.17) is 16.3 Å². The Morgan fingerprint density at radius 2 is 1.97 bits per heavy atom. The highest BCUT2D eigenvalue weighted by atomic mass is 35.5. The molecule has 2 aromatic rings. The van der Waals surface area contributed by atoms with Crippen LogP contribution in [0.4, 0.5) is 19.3 Å². The molecule has 1 aliphatic rings. The molecule has 1 unspecified atom stereocenters. The second kappa shape index (κ2) is 10.7. The Bertz CT molecular complexity index is 880. The Labute approximate surface area is 186 Å². The van der Waals surface area contributed by atoms with Gasteiger partial charge in [0.2, 0.25) is 0 Å². The van der Waals surface area contributed by atoms with Crippen molar-refractivity contribution < 1.29 is 18.3 Å². The number of likely N-dealkylation sites (tertiary alicyclic amines) is 1. The molecule has 0 aromatic heterocycles. The molecular weight excluding hydrogens is 424 g/mol. The van der Waals surface area contributed by atoms with E-state index in [2.05, 4.69) is 10.6 Å². The SMILES string of the molecule is COc1ccc(NC(Cc2ccc(Cl)cc2CNC(=O)N2CCC[C@H]2C)C(F)F)cc1. The zero-order chi connectivity index (χ0) is 22.4. The number of nitrogens with one attached hydrogen (secondary N) is 2. The second-order valence-electron chi connectivity index (χ2n) is 7.77. The van der Waals surface area contributed by atoms with Crippen molar-refractivity contribution in [2.45, 2.75) is 51.2 Å². The molecule has 2 atom stereocenters. The molecule has 8 heteroatoms. The van der Waals surface area contributed by atoms with Gasteiger partial charge in [0.15, 0.2) is 0 Å². The molecule has 0 saturated carbocycles. The van der Waals surface area contributed by atoms with Crippen LogP contribution in [0.25, 0.3) is 0 Å². The van der Waals surface area contributed by atoms with Crippen molar-refractivity contribution in [2.24, 2.45) is 0 Å². The first kappa shape index (κ1) is 23.1. The number of urea groups is 1. The maximum Gasteiger partial charge on any atom is 0.317 e. The first-order valence-corrected chi connectivity index (χ1v) is 10.8. The number of carbonyl (C=O) groups is 1. The highest BCUT2D eigenvalue weighted by Gasteiger charge is 2.25. The van der Waals surface area contributed by atoms with E-state index in [0.29, 0.717) is 22.0 Å². The van der Waals surface area contributed by atoms with E-state index in [0.717, 1.165) is 24.9 Å². The Morgan fingerprint density at radius 3 is 2.58 bits per heavy atom. The van der Waals surface area contributed by atoms with E-state index < -0.39 is 12.5 Å². The summed E-state index contributed by atoms with van der Waals surface area (Å²) >= 11 is 6.14. The Morgan fingerprint density at radius 1 is 1.23 bits per heavy atom. The highest BCUT2D eigenvalue weighted by Crippen LogP contribution is 2.23. The minimum Gasteiger partial charge on any atom is -0.497 e. The van der Waals surface area contributed by atoms with Gasteiger partial charge >= 0.3 is 6.03 Å². The minimum absolute atomic E-state index is 0.0895. The number of anilines is 1. The molecule has 0 aliphatic carbocycles. The van der Waals surface area contributed by atoms with Crippen LogP contribution < -0.4 is 15.4 Å². The number of alkyl halides is 2. The predicted molar refractivity (Wildman–Crippen MR) is 119 cm³/mol. The molecule has 2 aromatic carbocycles. The van der Waals surface area contributed by atoms with Gasteiger partial charge in [0, 0.05) is 29.8 Å². The van der Waals surface area contributed by atoms with Gasteiger partial charge in [0.05, 0.1) is 13.2 Å². The highest BCUT2D eigenvalue weighted by molar-refractivity contribution is 6.30. The lowest BCUT2D eigenvalue weighted by Crippen LogP contribution is -2.41. The van der Waals surface area contributed by atoms with Crippen molar-refractivity contribution >= 4 is 23.3 Å². The van der Waals surface area contributed by atoms with Gasteiger partial charge in [-0.3, -0.25) is 0 Å². The maximum absolute atomic E-state index is 13.8.